The number of hydrogen-bond acceptors (Lipinski definition) is 6. The minimum absolute atomic E-state index is 0.151. The maximum atomic E-state index is 11.6. The van der Waals surface area contributed by atoms with E-state index in [1.165, 1.54) is 0 Å². The van der Waals surface area contributed by atoms with Gasteiger partial charge in [-0.1, -0.05) is 0 Å². The van der Waals surface area contributed by atoms with Crippen molar-refractivity contribution >= 4 is 17.1 Å². The molecule has 2 aromatic rings. The highest BCUT2D eigenvalue weighted by molar-refractivity contribution is 5.89. The van der Waals surface area contributed by atoms with Gasteiger partial charge in [0.2, 0.25) is 0 Å². The summed E-state index contributed by atoms with van der Waals surface area (Å²) in [5.74, 6) is 0.151. The van der Waals surface area contributed by atoms with E-state index in [-0.39, 0.29) is 12.6 Å². The zero-order valence-electron chi connectivity index (χ0n) is 12.5. The highest BCUT2D eigenvalue weighted by atomic mass is 16.8. The van der Waals surface area contributed by atoms with Gasteiger partial charge in [0.15, 0.2) is 0 Å². The summed E-state index contributed by atoms with van der Waals surface area (Å²) in [5, 5.41) is 10.2. The Labute approximate surface area is 127 Å². The van der Waals surface area contributed by atoms with Gasteiger partial charge < -0.3 is 18.8 Å². The number of hydrogen-bond donors (Lipinski definition) is 0. The molecule has 1 aromatic carbocycles. The molecular formula is C16H16N2O4. The summed E-state index contributed by atoms with van der Waals surface area (Å²) in [5.41, 5.74) is 2.99. The van der Waals surface area contributed by atoms with Crippen LogP contribution in [0.5, 0.6) is 5.95 Å². The second-order valence-electron chi connectivity index (χ2n) is 5.22. The topological polar surface area (TPSA) is 75.7 Å². The average molecular weight is 300 g/mol. The van der Waals surface area contributed by atoms with E-state index < -0.39 is 6.16 Å². The highest BCUT2D eigenvalue weighted by Gasteiger charge is 2.26. The number of benzene rings is 1. The van der Waals surface area contributed by atoms with Crippen molar-refractivity contribution in [2.75, 3.05) is 20.2 Å². The molecular weight excluding hydrogens is 284 g/mol. The SMILES string of the molecule is CCOC(=O)Oc1oc2ccc(C#N)c3c2c1CN(C)CC3. The molecule has 0 atom stereocenters. The molecule has 0 aliphatic carbocycles. The maximum Gasteiger partial charge on any atom is 0.516 e. The zero-order valence-corrected chi connectivity index (χ0v) is 12.5. The molecule has 0 unspecified atom stereocenters. The molecule has 2 heterocycles. The number of ether oxygens (including phenoxy) is 2. The van der Waals surface area contributed by atoms with E-state index in [2.05, 4.69) is 11.0 Å². The second-order valence-corrected chi connectivity index (χ2v) is 5.22. The van der Waals surface area contributed by atoms with E-state index in [1.54, 1.807) is 19.1 Å². The predicted molar refractivity (Wildman–Crippen MR) is 78.6 cm³/mol. The Bertz CT molecular complexity index is 773. The Morgan fingerprint density at radius 3 is 3.00 bits per heavy atom. The summed E-state index contributed by atoms with van der Waals surface area (Å²) in [6.45, 7) is 3.35. The molecule has 0 N–H and O–H groups in total. The van der Waals surface area contributed by atoms with Crippen molar-refractivity contribution in [1.82, 2.24) is 4.90 Å². The number of nitrogens with zero attached hydrogens (tertiary/aromatic N) is 2. The summed E-state index contributed by atoms with van der Waals surface area (Å²) in [6, 6.07) is 5.70. The average Bonchev–Trinajstić information content (AvgIpc) is 2.71. The second kappa shape index (κ2) is 5.70. The monoisotopic (exact) mass is 300 g/mol. The van der Waals surface area contributed by atoms with Gasteiger partial charge in [0, 0.05) is 18.5 Å². The first kappa shape index (κ1) is 14.4. The van der Waals surface area contributed by atoms with Crippen molar-refractivity contribution < 1.29 is 18.7 Å². The Morgan fingerprint density at radius 2 is 2.27 bits per heavy atom. The molecule has 3 rings (SSSR count). The third-order valence-electron chi connectivity index (χ3n) is 3.76. The van der Waals surface area contributed by atoms with Crippen molar-refractivity contribution in [2.45, 2.75) is 19.9 Å². The lowest BCUT2D eigenvalue weighted by Crippen LogP contribution is -2.19. The lowest BCUT2D eigenvalue weighted by Gasteiger charge is -2.13. The third-order valence-corrected chi connectivity index (χ3v) is 3.76. The van der Waals surface area contributed by atoms with Crippen molar-refractivity contribution in [1.29, 1.82) is 5.26 Å². The fourth-order valence-electron chi connectivity index (χ4n) is 2.77. The molecule has 1 aromatic heterocycles. The number of nitriles is 1. The fraction of sp³-hybridized carbons (Fsp3) is 0.375. The van der Waals surface area contributed by atoms with E-state index >= 15 is 0 Å². The predicted octanol–water partition coefficient (Wildman–Crippen LogP) is 2.83. The highest BCUT2D eigenvalue weighted by Crippen LogP contribution is 2.38. The van der Waals surface area contributed by atoms with E-state index in [1.807, 2.05) is 7.05 Å². The van der Waals surface area contributed by atoms with Crippen LogP contribution >= 0.6 is 0 Å². The lowest BCUT2D eigenvalue weighted by molar-refractivity contribution is 0.0947. The van der Waals surface area contributed by atoms with Crippen LogP contribution in [0.25, 0.3) is 11.0 Å². The van der Waals surface area contributed by atoms with Crippen LogP contribution in [0.15, 0.2) is 16.5 Å². The number of furan rings is 1. The smallest absolute Gasteiger partial charge is 0.434 e. The number of carbonyl (C=O) groups excluding carboxylic acids is 1. The quantitative estimate of drug-likeness (QED) is 0.794. The first-order valence-corrected chi connectivity index (χ1v) is 7.14. The van der Waals surface area contributed by atoms with E-state index in [4.69, 9.17) is 13.9 Å². The molecule has 0 bridgehead atoms. The molecule has 0 radical (unpaired) electrons. The van der Waals surface area contributed by atoms with Gasteiger partial charge in [-0.25, -0.2) is 4.79 Å². The number of rotatable bonds is 2. The summed E-state index contributed by atoms with van der Waals surface area (Å²) in [7, 11) is 1.98. The zero-order chi connectivity index (χ0) is 15.7. The van der Waals surface area contributed by atoms with Crippen molar-refractivity contribution in [3.63, 3.8) is 0 Å². The molecule has 114 valence electrons. The van der Waals surface area contributed by atoms with Crippen LogP contribution in [0.3, 0.4) is 0 Å². The largest absolute Gasteiger partial charge is 0.516 e. The van der Waals surface area contributed by atoms with Gasteiger partial charge in [-0.15, -0.1) is 0 Å². The fourth-order valence-corrected chi connectivity index (χ4v) is 2.77. The summed E-state index contributed by atoms with van der Waals surface area (Å²) in [6.07, 6.45) is -0.0333. The van der Waals surface area contributed by atoms with Crippen LogP contribution in [0, 0.1) is 11.3 Å². The van der Waals surface area contributed by atoms with Gasteiger partial charge in [-0.2, -0.15) is 5.26 Å². The molecule has 6 nitrogen and oxygen atoms in total. The Balaban J connectivity index is 2.15. The molecule has 0 amide bonds. The van der Waals surface area contributed by atoms with Gasteiger partial charge in [-0.05, 0) is 38.1 Å². The van der Waals surface area contributed by atoms with Crippen LogP contribution in [-0.2, 0) is 17.7 Å². The van der Waals surface area contributed by atoms with E-state index in [0.717, 1.165) is 29.5 Å². The van der Waals surface area contributed by atoms with Crippen molar-refractivity contribution in [3.05, 3.63) is 28.8 Å². The molecule has 0 spiro atoms. The minimum atomic E-state index is -0.785. The van der Waals surface area contributed by atoms with Gasteiger partial charge in [0.05, 0.1) is 23.8 Å². The van der Waals surface area contributed by atoms with Crippen LogP contribution < -0.4 is 4.74 Å². The van der Waals surface area contributed by atoms with Crippen LogP contribution in [0.4, 0.5) is 4.79 Å². The Kier molecular flexibility index (Phi) is 3.73. The van der Waals surface area contributed by atoms with Crippen LogP contribution in [0.1, 0.15) is 23.6 Å². The summed E-state index contributed by atoms with van der Waals surface area (Å²) < 4.78 is 15.7. The van der Waals surface area contributed by atoms with Gasteiger partial charge in [0.1, 0.15) is 5.58 Å². The summed E-state index contributed by atoms with van der Waals surface area (Å²) >= 11 is 0. The number of likely N-dealkylation sites (N-methyl/N-ethyl adjacent to an activating group) is 1. The first-order chi connectivity index (χ1) is 10.6. The molecule has 1 aliphatic heterocycles. The van der Waals surface area contributed by atoms with Gasteiger partial charge >= 0.3 is 12.1 Å². The van der Waals surface area contributed by atoms with E-state index in [0.29, 0.717) is 17.7 Å². The Morgan fingerprint density at radius 1 is 1.45 bits per heavy atom. The molecule has 22 heavy (non-hydrogen) atoms. The van der Waals surface area contributed by atoms with Gasteiger partial charge in [-0.3, -0.25) is 0 Å². The minimum Gasteiger partial charge on any atom is -0.434 e. The van der Waals surface area contributed by atoms with Crippen molar-refractivity contribution in [2.24, 2.45) is 0 Å². The molecule has 1 aliphatic rings. The Hall–Kier alpha value is -2.52. The lowest BCUT2D eigenvalue weighted by atomic mass is 9.99. The summed E-state index contributed by atoms with van der Waals surface area (Å²) in [4.78, 5) is 13.7. The molecule has 0 fully saturated rings. The number of carbonyl (C=O) groups is 1. The van der Waals surface area contributed by atoms with Gasteiger partial charge in [0.25, 0.3) is 0 Å². The normalized spacial score (nSPS) is 14.4. The van der Waals surface area contributed by atoms with Crippen molar-refractivity contribution in [3.8, 4) is 12.0 Å². The maximum absolute atomic E-state index is 11.6. The van der Waals surface area contributed by atoms with Crippen LogP contribution in [-0.4, -0.2) is 31.3 Å². The first-order valence-electron chi connectivity index (χ1n) is 7.14. The molecule has 0 saturated carbocycles. The third kappa shape index (κ3) is 2.40. The standard InChI is InChI=1S/C16H16N2O4/c1-3-20-16(19)22-15-12-9-18(2)7-6-11-10(8-17)4-5-13(21-15)14(11)12/h4-5H,3,6-7,9H2,1-2H3. The van der Waals surface area contributed by atoms with E-state index in [9.17, 15) is 10.1 Å². The molecule has 0 saturated heterocycles. The van der Waals surface area contributed by atoms with Crippen LogP contribution in [0.2, 0.25) is 0 Å². The molecule has 6 heteroatoms.